The maximum Gasteiger partial charge on any atom is 0.450 e. The number of hydrogen-bond donors (Lipinski definition) is 0. The predicted molar refractivity (Wildman–Crippen MR) is 50.2 cm³/mol. The lowest BCUT2D eigenvalue weighted by atomic mass is 10.3. The molecular formula is C8H4F3N3O2S. The molecule has 0 aliphatic carbocycles. The second-order valence-corrected chi connectivity index (χ2v) is 3.70. The molecule has 0 fully saturated rings. The number of nitrogens with zero attached hydrogens (tertiary/aromatic N) is 3. The highest BCUT2D eigenvalue weighted by atomic mass is 32.1. The predicted octanol–water partition coefficient (Wildman–Crippen LogP) is 1.87. The maximum atomic E-state index is 12.0. The Balaban J connectivity index is 2.12. The summed E-state index contributed by atoms with van der Waals surface area (Å²) in [5.74, 6) is -2.24. The highest BCUT2D eigenvalue weighted by Crippen LogP contribution is 2.20. The van der Waals surface area contributed by atoms with Crippen LogP contribution in [-0.4, -0.2) is 27.1 Å². The third-order valence-electron chi connectivity index (χ3n) is 1.76. The number of hydrogen-bond acceptors (Lipinski definition) is 6. The summed E-state index contributed by atoms with van der Waals surface area (Å²) in [6.45, 7) is 0. The van der Waals surface area contributed by atoms with Gasteiger partial charge in [0.25, 0.3) is 0 Å². The molecule has 0 bridgehead atoms. The molecule has 2 rings (SSSR count). The molecule has 2 aromatic rings. The van der Waals surface area contributed by atoms with Crippen LogP contribution in [0.2, 0.25) is 0 Å². The van der Waals surface area contributed by atoms with E-state index in [-0.39, 0.29) is 11.7 Å². The van der Waals surface area contributed by atoms with Gasteiger partial charge in [-0.25, -0.2) is 4.98 Å². The molecular weight excluding hydrogens is 259 g/mol. The third kappa shape index (κ3) is 2.67. The van der Waals surface area contributed by atoms with Gasteiger partial charge >= 0.3 is 6.18 Å². The van der Waals surface area contributed by atoms with Gasteiger partial charge in [0.15, 0.2) is 0 Å². The van der Waals surface area contributed by atoms with Crippen molar-refractivity contribution in [1.82, 2.24) is 15.1 Å². The fourth-order valence-electron chi connectivity index (χ4n) is 0.991. The van der Waals surface area contributed by atoms with Crippen molar-refractivity contribution in [1.29, 1.82) is 0 Å². The van der Waals surface area contributed by atoms with E-state index in [1.165, 1.54) is 16.8 Å². The van der Waals surface area contributed by atoms with Crippen LogP contribution in [0, 0.1) is 0 Å². The molecule has 0 aliphatic heterocycles. The van der Waals surface area contributed by atoms with Crippen LogP contribution in [0.4, 0.5) is 13.2 Å². The van der Waals surface area contributed by atoms with Crippen molar-refractivity contribution in [3.05, 3.63) is 16.8 Å². The van der Waals surface area contributed by atoms with Crippen LogP contribution in [0.5, 0.6) is 0 Å². The van der Waals surface area contributed by atoms with Crippen LogP contribution >= 0.6 is 11.3 Å². The maximum absolute atomic E-state index is 12.0. The van der Waals surface area contributed by atoms with E-state index in [4.69, 9.17) is 0 Å². The molecule has 0 aliphatic rings. The van der Waals surface area contributed by atoms with Gasteiger partial charge in [-0.3, -0.25) is 4.79 Å². The van der Waals surface area contributed by atoms with Gasteiger partial charge in [0.1, 0.15) is 5.69 Å². The lowest BCUT2D eigenvalue weighted by Crippen LogP contribution is -2.24. The van der Waals surface area contributed by atoms with Crippen molar-refractivity contribution in [2.75, 3.05) is 0 Å². The molecule has 2 heterocycles. The quantitative estimate of drug-likeness (QED) is 0.845. The zero-order chi connectivity index (χ0) is 12.5. The van der Waals surface area contributed by atoms with E-state index in [0.717, 1.165) is 0 Å². The summed E-state index contributed by atoms with van der Waals surface area (Å²) >= 11 is 1.28. The second-order valence-electron chi connectivity index (χ2n) is 2.98. The molecule has 0 atom stereocenters. The lowest BCUT2D eigenvalue weighted by molar-refractivity contribution is -0.170. The summed E-state index contributed by atoms with van der Waals surface area (Å²) in [6, 6.07) is 0. The first-order valence-corrected chi connectivity index (χ1v) is 5.22. The van der Waals surface area contributed by atoms with Gasteiger partial charge in [0, 0.05) is 5.38 Å². The van der Waals surface area contributed by atoms with Gasteiger partial charge in [0.05, 0.1) is 11.9 Å². The van der Waals surface area contributed by atoms with Crippen LogP contribution in [0.3, 0.4) is 0 Å². The van der Waals surface area contributed by atoms with Crippen LogP contribution in [0.25, 0.3) is 11.5 Å². The zero-order valence-electron chi connectivity index (χ0n) is 8.06. The van der Waals surface area contributed by atoms with E-state index < -0.39 is 18.4 Å². The molecule has 90 valence electrons. The Bertz CT molecular complexity index is 520. The highest BCUT2D eigenvalue weighted by molar-refractivity contribution is 7.07. The topological polar surface area (TPSA) is 68.9 Å². The first kappa shape index (κ1) is 11.7. The molecule has 0 spiro atoms. The lowest BCUT2D eigenvalue weighted by Gasteiger charge is -2.00. The molecule has 2 aromatic heterocycles. The van der Waals surface area contributed by atoms with Crippen molar-refractivity contribution in [3.63, 3.8) is 0 Å². The van der Waals surface area contributed by atoms with Gasteiger partial charge in [-0.15, -0.1) is 11.3 Å². The minimum Gasteiger partial charge on any atom is -0.338 e. The van der Waals surface area contributed by atoms with Gasteiger partial charge in [0.2, 0.25) is 17.5 Å². The van der Waals surface area contributed by atoms with Crippen molar-refractivity contribution in [2.24, 2.45) is 0 Å². The van der Waals surface area contributed by atoms with E-state index in [1.54, 1.807) is 5.38 Å². The van der Waals surface area contributed by atoms with E-state index in [0.29, 0.717) is 5.69 Å². The number of thiazole rings is 1. The Morgan fingerprint density at radius 3 is 2.82 bits per heavy atom. The standard InChI is InChI=1S/C8H4F3N3O2S/c9-8(10,11)5(15)1-6-13-7(14-16-6)4-2-17-3-12-4/h2-3H,1H2. The molecule has 0 radical (unpaired) electrons. The van der Waals surface area contributed by atoms with Crippen LogP contribution in [0.1, 0.15) is 5.89 Å². The SMILES string of the molecule is O=C(Cc1nc(-c2cscn2)no1)C(F)(F)F. The molecule has 0 aromatic carbocycles. The molecule has 0 N–H and O–H groups in total. The first-order chi connectivity index (χ1) is 7.97. The number of carbonyl (C=O) groups is 1. The zero-order valence-corrected chi connectivity index (χ0v) is 8.88. The summed E-state index contributed by atoms with van der Waals surface area (Å²) in [4.78, 5) is 18.2. The third-order valence-corrected chi connectivity index (χ3v) is 2.34. The Morgan fingerprint density at radius 2 is 2.24 bits per heavy atom. The van der Waals surface area contributed by atoms with Gasteiger partial charge in [-0.05, 0) is 0 Å². The van der Waals surface area contributed by atoms with Gasteiger partial charge in [-0.2, -0.15) is 18.2 Å². The second kappa shape index (κ2) is 4.24. The van der Waals surface area contributed by atoms with Crippen LogP contribution < -0.4 is 0 Å². The number of rotatable bonds is 3. The summed E-state index contributed by atoms with van der Waals surface area (Å²) in [5.41, 5.74) is 1.91. The average molecular weight is 263 g/mol. The summed E-state index contributed by atoms with van der Waals surface area (Å²) in [6.07, 6.45) is -5.85. The average Bonchev–Trinajstić information content (AvgIpc) is 2.83. The van der Waals surface area contributed by atoms with Crippen molar-refractivity contribution < 1.29 is 22.5 Å². The number of alkyl halides is 3. The Hall–Kier alpha value is -1.77. The highest BCUT2D eigenvalue weighted by Gasteiger charge is 2.39. The molecule has 0 amide bonds. The van der Waals surface area contributed by atoms with Crippen LogP contribution in [-0.2, 0) is 11.2 Å². The normalized spacial score (nSPS) is 11.7. The molecule has 0 unspecified atom stereocenters. The van der Waals surface area contributed by atoms with Gasteiger partial charge in [-0.1, -0.05) is 5.16 Å². The van der Waals surface area contributed by atoms with Gasteiger partial charge < -0.3 is 4.52 Å². The number of aromatic nitrogens is 3. The largest absolute Gasteiger partial charge is 0.450 e. The summed E-state index contributed by atoms with van der Waals surface area (Å²) < 4.78 is 40.4. The molecule has 0 saturated heterocycles. The Morgan fingerprint density at radius 1 is 1.47 bits per heavy atom. The van der Waals surface area contributed by atoms with Crippen molar-refractivity contribution in [2.45, 2.75) is 12.6 Å². The van der Waals surface area contributed by atoms with E-state index in [1.807, 2.05) is 0 Å². The van der Waals surface area contributed by atoms with E-state index in [9.17, 15) is 18.0 Å². The van der Waals surface area contributed by atoms with Crippen LogP contribution in [0.15, 0.2) is 15.4 Å². The minimum absolute atomic E-state index is 0.0659. The smallest absolute Gasteiger partial charge is 0.338 e. The Kier molecular flexibility index (Phi) is 2.92. The number of carbonyl (C=O) groups excluding carboxylic acids is 1. The molecule has 5 nitrogen and oxygen atoms in total. The summed E-state index contributed by atoms with van der Waals surface area (Å²) in [7, 11) is 0. The molecule has 0 saturated carbocycles. The number of ketones is 1. The molecule has 17 heavy (non-hydrogen) atoms. The van der Waals surface area contributed by atoms with E-state index in [2.05, 4.69) is 19.6 Å². The summed E-state index contributed by atoms with van der Waals surface area (Å²) in [5, 5.41) is 5.04. The number of Topliss-reactive ketones (excluding diaryl/α,β-unsaturated/α-hetero) is 1. The molecule has 9 heteroatoms. The Labute approximate surface area is 96.3 Å². The van der Waals surface area contributed by atoms with Crippen molar-refractivity contribution in [3.8, 4) is 11.5 Å². The minimum atomic E-state index is -4.89. The monoisotopic (exact) mass is 263 g/mol. The fraction of sp³-hybridized carbons (Fsp3) is 0.250. The van der Waals surface area contributed by atoms with E-state index >= 15 is 0 Å². The first-order valence-electron chi connectivity index (χ1n) is 4.28. The number of halogens is 3. The van der Waals surface area contributed by atoms with Crippen molar-refractivity contribution >= 4 is 17.1 Å². The fourth-order valence-corrected chi connectivity index (χ4v) is 1.52.